The standard InChI is InChI=1S/C4H6O4.2Zn/c1-3(5)7-8-4(2)6;;/h1-2H3;;. The first-order chi connectivity index (χ1) is 3.63. The molecule has 0 saturated heterocycles. The van der Waals surface area contributed by atoms with Gasteiger partial charge in [-0.3, -0.25) is 0 Å². The molecular formula is C4H6O4Zn2. The van der Waals surface area contributed by atoms with E-state index in [0.29, 0.717) is 0 Å². The average molecular weight is 249 g/mol. The molecule has 0 unspecified atom stereocenters. The summed E-state index contributed by atoms with van der Waals surface area (Å²) in [4.78, 5) is 27.3. The summed E-state index contributed by atoms with van der Waals surface area (Å²) in [5.74, 6) is -1.28. The van der Waals surface area contributed by atoms with Crippen LogP contribution < -0.4 is 0 Å². The molecule has 0 fully saturated rings. The maximum Gasteiger partial charge on any atom is 0.352 e. The summed E-state index contributed by atoms with van der Waals surface area (Å²) in [6, 6.07) is 0. The number of carbonyl (C=O) groups is 2. The van der Waals surface area contributed by atoms with Gasteiger partial charge in [0.1, 0.15) is 0 Å². The first-order valence-corrected chi connectivity index (χ1v) is 1.98. The van der Waals surface area contributed by atoms with Crippen LogP contribution in [-0.4, -0.2) is 11.9 Å². The molecule has 0 atom stereocenters. The Labute approximate surface area is 84.1 Å². The Hall–Kier alpha value is 0.187. The molecule has 0 aliphatic carbocycles. The van der Waals surface area contributed by atoms with Gasteiger partial charge in [0.2, 0.25) is 0 Å². The summed E-state index contributed by atoms with van der Waals surface area (Å²) in [7, 11) is 0. The third-order valence-electron chi connectivity index (χ3n) is 0.276. The second-order valence-corrected chi connectivity index (χ2v) is 1.15. The third kappa shape index (κ3) is 15.7. The molecule has 0 bridgehead atoms. The van der Waals surface area contributed by atoms with Gasteiger partial charge in [0, 0.05) is 52.8 Å². The second kappa shape index (κ2) is 9.19. The van der Waals surface area contributed by atoms with Crippen molar-refractivity contribution in [2.75, 3.05) is 0 Å². The normalized spacial score (nSPS) is 6.20. The van der Waals surface area contributed by atoms with E-state index >= 15 is 0 Å². The Balaban J connectivity index is -0.000000245. The first kappa shape index (κ1) is 16.6. The molecule has 0 heterocycles. The Morgan fingerprint density at radius 3 is 1.20 bits per heavy atom. The van der Waals surface area contributed by atoms with E-state index in [0.717, 1.165) is 13.8 Å². The molecule has 0 N–H and O–H groups in total. The number of hydrogen-bond donors (Lipinski definition) is 0. The topological polar surface area (TPSA) is 52.6 Å². The minimum absolute atomic E-state index is 0. The Kier molecular flexibility index (Phi) is 15.3. The minimum atomic E-state index is -0.639. The van der Waals surface area contributed by atoms with E-state index in [1.54, 1.807) is 0 Å². The van der Waals surface area contributed by atoms with Gasteiger partial charge in [-0.15, -0.1) is 0 Å². The number of carbonyl (C=O) groups excluding carboxylic acids is 2. The summed E-state index contributed by atoms with van der Waals surface area (Å²) in [6.45, 7) is 2.28. The molecule has 4 nitrogen and oxygen atoms in total. The smallest absolute Gasteiger partial charge is 0.248 e. The van der Waals surface area contributed by atoms with Gasteiger partial charge in [-0.05, 0) is 0 Å². The fourth-order valence-corrected chi connectivity index (χ4v) is 0.117. The molecule has 10 heavy (non-hydrogen) atoms. The third-order valence-corrected chi connectivity index (χ3v) is 0.276. The van der Waals surface area contributed by atoms with Gasteiger partial charge in [-0.1, -0.05) is 0 Å². The van der Waals surface area contributed by atoms with Crippen molar-refractivity contribution in [1.82, 2.24) is 0 Å². The van der Waals surface area contributed by atoms with E-state index in [1.807, 2.05) is 0 Å². The van der Waals surface area contributed by atoms with E-state index in [1.165, 1.54) is 0 Å². The van der Waals surface area contributed by atoms with Crippen LogP contribution in [0.3, 0.4) is 0 Å². The Morgan fingerprint density at radius 1 is 0.900 bits per heavy atom. The Morgan fingerprint density at radius 2 is 1.10 bits per heavy atom. The van der Waals surface area contributed by atoms with Gasteiger partial charge in [0.25, 0.3) is 0 Å². The molecule has 50 valence electrons. The van der Waals surface area contributed by atoms with E-state index in [2.05, 4.69) is 9.78 Å². The zero-order valence-corrected chi connectivity index (χ0v) is 12.0. The van der Waals surface area contributed by atoms with Gasteiger partial charge >= 0.3 is 11.9 Å². The van der Waals surface area contributed by atoms with Crippen molar-refractivity contribution in [3.05, 3.63) is 0 Å². The SMILES string of the molecule is CC(=O)OOC(C)=O.[Zn].[Zn]. The molecule has 0 saturated carbocycles. The average Bonchev–Trinajstić information content (AvgIpc) is 1.61. The van der Waals surface area contributed by atoms with Crippen LogP contribution in [0.4, 0.5) is 0 Å². The number of hydrogen-bond acceptors (Lipinski definition) is 4. The quantitative estimate of drug-likeness (QED) is 0.345. The van der Waals surface area contributed by atoms with E-state index in [-0.39, 0.29) is 39.0 Å². The monoisotopic (exact) mass is 246 g/mol. The van der Waals surface area contributed by atoms with Crippen LogP contribution in [0.5, 0.6) is 0 Å². The summed E-state index contributed by atoms with van der Waals surface area (Å²) in [5.41, 5.74) is 0. The summed E-state index contributed by atoms with van der Waals surface area (Å²) in [5, 5.41) is 0. The van der Waals surface area contributed by atoms with E-state index in [4.69, 9.17) is 0 Å². The van der Waals surface area contributed by atoms with Crippen molar-refractivity contribution in [1.29, 1.82) is 0 Å². The largest absolute Gasteiger partial charge is 0.352 e. The fourth-order valence-electron chi connectivity index (χ4n) is 0.117. The van der Waals surface area contributed by atoms with Gasteiger partial charge in [0.05, 0.1) is 0 Å². The predicted octanol–water partition coefficient (Wildman–Crippen LogP) is 0.0226. The minimum Gasteiger partial charge on any atom is -0.248 e. The molecule has 0 aliphatic rings. The van der Waals surface area contributed by atoms with Crippen LogP contribution in [0.2, 0.25) is 0 Å². The van der Waals surface area contributed by atoms with E-state index in [9.17, 15) is 9.59 Å². The Bertz CT molecular complexity index is 99.8. The maximum absolute atomic E-state index is 9.85. The first-order valence-electron chi connectivity index (χ1n) is 1.98. The van der Waals surface area contributed by atoms with Crippen LogP contribution in [0, 0.1) is 0 Å². The fraction of sp³-hybridized carbons (Fsp3) is 0.500. The molecule has 0 aromatic rings. The molecule has 0 rings (SSSR count). The molecule has 0 amide bonds. The molecule has 6 heteroatoms. The van der Waals surface area contributed by atoms with Crippen molar-refractivity contribution >= 4 is 11.9 Å². The molecule has 0 aliphatic heterocycles. The van der Waals surface area contributed by atoms with Crippen LogP contribution >= 0.6 is 0 Å². The van der Waals surface area contributed by atoms with Gasteiger partial charge < -0.3 is 0 Å². The van der Waals surface area contributed by atoms with Crippen LogP contribution in [0.25, 0.3) is 0 Å². The van der Waals surface area contributed by atoms with Crippen LogP contribution in [0.1, 0.15) is 13.8 Å². The molecule has 0 aromatic heterocycles. The maximum atomic E-state index is 9.85. The van der Waals surface area contributed by atoms with Crippen molar-refractivity contribution in [3.63, 3.8) is 0 Å². The van der Waals surface area contributed by atoms with Gasteiger partial charge in [0.15, 0.2) is 0 Å². The number of rotatable bonds is 0. The molecule has 0 radical (unpaired) electrons. The molecule has 0 spiro atoms. The van der Waals surface area contributed by atoms with Crippen molar-refractivity contribution in [2.24, 2.45) is 0 Å². The van der Waals surface area contributed by atoms with E-state index < -0.39 is 11.9 Å². The summed E-state index contributed by atoms with van der Waals surface area (Å²) < 4.78 is 0. The van der Waals surface area contributed by atoms with Crippen LogP contribution in [-0.2, 0) is 58.3 Å². The second-order valence-electron chi connectivity index (χ2n) is 1.15. The molecule has 0 aromatic carbocycles. The van der Waals surface area contributed by atoms with Gasteiger partial charge in [-0.25, -0.2) is 19.4 Å². The van der Waals surface area contributed by atoms with Crippen molar-refractivity contribution in [3.8, 4) is 0 Å². The predicted molar refractivity (Wildman–Crippen MR) is 23.5 cm³/mol. The van der Waals surface area contributed by atoms with Gasteiger partial charge in [-0.2, -0.15) is 0 Å². The summed E-state index contributed by atoms with van der Waals surface area (Å²) in [6.07, 6.45) is 0. The van der Waals surface area contributed by atoms with Crippen molar-refractivity contribution < 1.29 is 58.3 Å². The van der Waals surface area contributed by atoms with Crippen molar-refractivity contribution in [2.45, 2.75) is 13.8 Å². The molecular weight excluding hydrogens is 243 g/mol. The van der Waals surface area contributed by atoms with Crippen LogP contribution in [0.15, 0.2) is 0 Å². The summed E-state index contributed by atoms with van der Waals surface area (Å²) >= 11 is 0. The zero-order valence-electron chi connectivity index (χ0n) is 6.05. The zero-order chi connectivity index (χ0) is 6.57.